The Hall–Kier alpha value is -4.58. The molecule has 2 saturated heterocycles. The van der Waals surface area contributed by atoms with Gasteiger partial charge >= 0.3 is 6.18 Å². The van der Waals surface area contributed by atoms with Crippen LogP contribution in [0.3, 0.4) is 0 Å². The molecule has 1 amide bonds. The normalized spacial score (nSPS) is 18.0. The number of carbonyl (C=O) groups excluding carboxylic acids is 1. The van der Waals surface area contributed by atoms with E-state index in [0.29, 0.717) is 61.7 Å². The lowest BCUT2D eigenvalue weighted by atomic mass is 9.83. The molecule has 40 heavy (non-hydrogen) atoms. The van der Waals surface area contributed by atoms with Crippen LogP contribution in [-0.2, 0) is 11.7 Å². The molecule has 206 valence electrons. The van der Waals surface area contributed by atoms with Crippen LogP contribution in [0.4, 0.5) is 19.0 Å². The fraction of sp³-hybridized carbons (Fsp3) is 0.400. The number of anilines is 1. The fourth-order valence-electron chi connectivity index (χ4n) is 5.56. The van der Waals surface area contributed by atoms with E-state index in [2.05, 4.69) is 41.0 Å². The van der Waals surface area contributed by atoms with Crippen LogP contribution >= 0.6 is 0 Å². The second-order valence-corrected chi connectivity index (χ2v) is 10.1. The highest BCUT2D eigenvalue weighted by Crippen LogP contribution is 2.39. The number of rotatable bonds is 5. The van der Waals surface area contributed by atoms with Gasteiger partial charge in [-0.15, -0.1) is 0 Å². The van der Waals surface area contributed by atoms with Crippen molar-refractivity contribution in [1.29, 1.82) is 5.26 Å². The van der Waals surface area contributed by atoms with E-state index in [1.54, 1.807) is 10.9 Å². The van der Waals surface area contributed by atoms with Crippen LogP contribution in [0.5, 0.6) is 0 Å². The van der Waals surface area contributed by atoms with Crippen LogP contribution in [-0.4, -0.2) is 82.6 Å². The summed E-state index contributed by atoms with van der Waals surface area (Å²) in [4.78, 5) is 34.9. The van der Waals surface area contributed by atoms with Gasteiger partial charge < -0.3 is 15.6 Å². The van der Waals surface area contributed by atoms with Gasteiger partial charge in [-0.2, -0.15) is 23.5 Å². The third-order valence-corrected chi connectivity index (χ3v) is 7.64. The predicted molar refractivity (Wildman–Crippen MR) is 135 cm³/mol. The number of amides is 1. The minimum atomic E-state index is -4.72. The number of likely N-dealkylation sites (tertiary alicyclic amines) is 2. The number of nitrogens with zero attached hydrogens (tertiary/aromatic N) is 9. The number of halogens is 3. The van der Waals surface area contributed by atoms with Gasteiger partial charge in [0.1, 0.15) is 23.2 Å². The molecule has 0 aromatic carbocycles. The van der Waals surface area contributed by atoms with Gasteiger partial charge in [-0.25, -0.2) is 19.9 Å². The van der Waals surface area contributed by atoms with Crippen molar-refractivity contribution in [2.24, 2.45) is 0 Å². The zero-order valence-corrected chi connectivity index (χ0v) is 21.1. The van der Waals surface area contributed by atoms with E-state index < -0.39 is 23.4 Å². The number of fused-ring (bicyclic) bond motifs is 1. The van der Waals surface area contributed by atoms with Crippen LogP contribution in [0.25, 0.3) is 22.3 Å². The van der Waals surface area contributed by atoms with Crippen LogP contribution in [0.2, 0.25) is 0 Å². The van der Waals surface area contributed by atoms with Crippen molar-refractivity contribution >= 4 is 22.8 Å². The average Bonchev–Trinajstić information content (AvgIpc) is 3.56. The van der Waals surface area contributed by atoms with Crippen molar-refractivity contribution in [3.8, 4) is 17.3 Å². The van der Waals surface area contributed by atoms with E-state index in [4.69, 9.17) is 5.73 Å². The Kier molecular flexibility index (Phi) is 6.14. The van der Waals surface area contributed by atoms with Gasteiger partial charge in [-0.05, 0) is 25.0 Å². The van der Waals surface area contributed by atoms with Gasteiger partial charge in [0.25, 0.3) is 5.91 Å². The first kappa shape index (κ1) is 25.7. The monoisotopic (exact) mass is 551 g/mol. The molecule has 0 aliphatic carbocycles. The fourth-order valence-corrected chi connectivity index (χ4v) is 5.56. The van der Waals surface area contributed by atoms with Crippen LogP contribution in [0.15, 0.2) is 37.1 Å². The number of nitrogens with two attached hydrogens (primary N) is 1. The molecule has 3 N–H and O–H groups in total. The molecule has 0 bridgehead atoms. The second kappa shape index (κ2) is 9.56. The SMILES string of the molecule is N#CCC1(n2cc(-c3ncnc4[nH]ccc34)c(N)n2)CN(C2CCN(C(=O)c3ccnc(C(F)(F)F)n3)CC2)C1. The third-order valence-electron chi connectivity index (χ3n) is 7.64. The molecule has 2 aliphatic rings. The number of aromatic amines is 1. The van der Waals surface area contributed by atoms with Gasteiger partial charge in [-0.1, -0.05) is 0 Å². The number of carbonyl (C=O) groups is 1. The first-order valence-electron chi connectivity index (χ1n) is 12.6. The summed E-state index contributed by atoms with van der Waals surface area (Å²) in [5.41, 5.74) is 7.46. The number of nitriles is 1. The first-order chi connectivity index (χ1) is 19.2. The quantitative estimate of drug-likeness (QED) is 0.380. The minimum absolute atomic E-state index is 0.153. The van der Waals surface area contributed by atoms with Crippen LogP contribution in [0, 0.1) is 11.3 Å². The molecule has 4 aromatic heterocycles. The van der Waals surface area contributed by atoms with E-state index >= 15 is 0 Å². The summed E-state index contributed by atoms with van der Waals surface area (Å²) in [7, 11) is 0. The summed E-state index contributed by atoms with van der Waals surface area (Å²) in [6.07, 6.45) is 2.81. The Balaban J connectivity index is 1.13. The van der Waals surface area contributed by atoms with Crippen molar-refractivity contribution in [3.63, 3.8) is 0 Å². The molecular weight excluding hydrogens is 527 g/mol. The molecule has 0 radical (unpaired) electrons. The average molecular weight is 552 g/mol. The van der Waals surface area contributed by atoms with Gasteiger partial charge in [0, 0.05) is 56.2 Å². The molecule has 2 aliphatic heterocycles. The van der Waals surface area contributed by atoms with E-state index in [0.717, 1.165) is 11.6 Å². The van der Waals surface area contributed by atoms with Crippen LogP contribution in [0.1, 0.15) is 35.6 Å². The molecular formula is C25H24F3N11O. The van der Waals surface area contributed by atoms with E-state index in [-0.39, 0.29) is 18.2 Å². The zero-order chi connectivity index (χ0) is 28.1. The van der Waals surface area contributed by atoms with E-state index in [9.17, 15) is 23.2 Å². The number of nitrogens with one attached hydrogen (secondary N) is 1. The predicted octanol–water partition coefficient (Wildman–Crippen LogP) is 2.44. The smallest absolute Gasteiger partial charge is 0.382 e. The third kappa shape index (κ3) is 4.39. The van der Waals surface area contributed by atoms with Crippen LogP contribution < -0.4 is 5.73 Å². The minimum Gasteiger partial charge on any atom is -0.382 e. The summed E-state index contributed by atoms with van der Waals surface area (Å²) >= 11 is 0. The standard InChI is InChI=1S/C25H24F3N11O/c26-25(27,28)23-32-8-2-18(35-23)22(40)37-9-3-15(4-10-37)38-12-24(13-38,5-6-29)39-11-17(20(30)36-39)19-16-1-7-31-21(16)34-14-33-19/h1-2,7-8,11,14-15H,3-5,9-10,12-13H2,(H2,30,36)(H,31,33,34). The maximum atomic E-state index is 13.0. The number of nitrogen functional groups attached to an aromatic ring is 1. The van der Waals surface area contributed by atoms with Gasteiger partial charge in [-0.3, -0.25) is 14.4 Å². The Labute approximate surface area is 225 Å². The molecule has 15 heteroatoms. The first-order valence-corrected chi connectivity index (χ1v) is 12.6. The van der Waals surface area contributed by atoms with Gasteiger partial charge in [0.05, 0.1) is 23.7 Å². The molecule has 2 fully saturated rings. The highest BCUT2D eigenvalue weighted by molar-refractivity contribution is 5.93. The van der Waals surface area contributed by atoms with Gasteiger partial charge in [0.2, 0.25) is 5.82 Å². The lowest BCUT2D eigenvalue weighted by Gasteiger charge is -2.53. The van der Waals surface area contributed by atoms with Crippen molar-refractivity contribution < 1.29 is 18.0 Å². The molecule has 0 saturated carbocycles. The molecule has 0 atom stereocenters. The maximum absolute atomic E-state index is 13.0. The summed E-state index contributed by atoms with van der Waals surface area (Å²) in [5, 5.41) is 15.0. The lowest BCUT2D eigenvalue weighted by Crippen LogP contribution is -2.66. The van der Waals surface area contributed by atoms with E-state index in [1.165, 1.54) is 17.3 Å². The molecule has 12 nitrogen and oxygen atoms in total. The highest BCUT2D eigenvalue weighted by atomic mass is 19.4. The van der Waals surface area contributed by atoms with Gasteiger partial charge in [0.15, 0.2) is 5.82 Å². The van der Waals surface area contributed by atoms with E-state index in [1.807, 2.05) is 12.3 Å². The Bertz CT molecular complexity index is 1610. The Morgan fingerprint density at radius 3 is 2.70 bits per heavy atom. The summed E-state index contributed by atoms with van der Waals surface area (Å²) in [6, 6.07) is 5.50. The maximum Gasteiger partial charge on any atom is 0.451 e. The zero-order valence-electron chi connectivity index (χ0n) is 21.1. The number of hydrogen-bond acceptors (Lipinski definition) is 9. The lowest BCUT2D eigenvalue weighted by molar-refractivity contribution is -0.145. The largest absolute Gasteiger partial charge is 0.451 e. The molecule has 6 heterocycles. The van der Waals surface area contributed by atoms with Crippen molar-refractivity contribution in [1.82, 2.24) is 44.5 Å². The highest BCUT2D eigenvalue weighted by Gasteiger charge is 2.48. The summed E-state index contributed by atoms with van der Waals surface area (Å²) in [6.45, 7) is 1.92. The topological polar surface area (TPSA) is 159 Å². The summed E-state index contributed by atoms with van der Waals surface area (Å²) in [5.74, 6) is -1.57. The van der Waals surface area contributed by atoms with Crippen molar-refractivity contribution in [2.75, 3.05) is 31.9 Å². The number of aromatic nitrogens is 7. The number of piperidine rings is 1. The summed E-state index contributed by atoms with van der Waals surface area (Å²) < 4.78 is 40.7. The molecule has 4 aromatic rings. The molecule has 0 unspecified atom stereocenters. The second-order valence-electron chi connectivity index (χ2n) is 10.1. The van der Waals surface area contributed by atoms with Crippen molar-refractivity contribution in [2.45, 2.75) is 37.0 Å². The van der Waals surface area contributed by atoms with Crippen molar-refractivity contribution in [3.05, 3.63) is 48.6 Å². The Morgan fingerprint density at radius 2 is 1.98 bits per heavy atom. The number of alkyl halides is 3. The molecule has 6 rings (SSSR count). The number of H-pyrrole nitrogens is 1. The Morgan fingerprint density at radius 1 is 1.20 bits per heavy atom. The molecule has 0 spiro atoms. The number of hydrogen-bond donors (Lipinski definition) is 2.